The molecule has 0 spiro atoms. The summed E-state index contributed by atoms with van der Waals surface area (Å²) in [6.45, 7) is 7.83. The van der Waals surface area contributed by atoms with Crippen molar-refractivity contribution >= 4 is 5.91 Å². The Morgan fingerprint density at radius 1 is 1.37 bits per heavy atom. The van der Waals surface area contributed by atoms with Gasteiger partial charge in [0.15, 0.2) is 0 Å². The van der Waals surface area contributed by atoms with E-state index in [0.717, 1.165) is 12.8 Å². The maximum absolute atomic E-state index is 12.2. The van der Waals surface area contributed by atoms with Gasteiger partial charge in [0, 0.05) is 32.7 Å². The van der Waals surface area contributed by atoms with Gasteiger partial charge in [0.25, 0.3) is 0 Å². The molecular weight excluding hydrogens is 242 g/mol. The van der Waals surface area contributed by atoms with E-state index in [1.54, 1.807) is 7.11 Å². The van der Waals surface area contributed by atoms with Crippen molar-refractivity contribution in [2.24, 2.45) is 0 Å². The van der Waals surface area contributed by atoms with Gasteiger partial charge in [0.05, 0.1) is 18.7 Å². The Balaban J connectivity index is 4.45. The Hall–Kier alpha value is -1.12. The summed E-state index contributed by atoms with van der Waals surface area (Å²) in [6.07, 6.45) is 2.29. The van der Waals surface area contributed by atoms with Crippen molar-refractivity contribution in [3.8, 4) is 6.07 Å². The topological polar surface area (TPSA) is 65.4 Å². The quantitative estimate of drug-likeness (QED) is 0.653. The molecule has 0 radical (unpaired) electrons. The fourth-order valence-corrected chi connectivity index (χ4v) is 1.88. The zero-order valence-corrected chi connectivity index (χ0v) is 12.6. The molecule has 0 aliphatic carbocycles. The number of rotatable bonds is 10. The summed E-state index contributed by atoms with van der Waals surface area (Å²) >= 11 is 0. The second-order valence-corrected chi connectivity index (χ2v) is 4.63. The summed E-state index contributed by atoms with van der Waals surface area (Å²) in [5.41, 5.74) is 0. The van der Waals surface area contributed by atoms with E-state index in [-0.39, 0.29) is 18.0 Å². The molecule has 0 heterocycles. The molecule has 110 valence electrons. The van der Waals surface area contributed by atoms with E-state index in [1.807, 2.05) is 11.8 Å². The van der Waals surface area contributed by atoms with E-state index < -0.39 is 0 Å². The van der Waals surface area contributed by atoms with Crippen LogP contribution in [0, 0.1) is 11.3 Å². The van der Waals surface area contributed by atoms with Crippen molar-refractivity contribution in [2.45, 2.75) is 52.1 Å². The fraction of sp³-hybridized carbons (Fsp3) is 0.857. The SMILES string of the molecule is CCC(CC)NC(=O)C(C)N(CCC#N)CCOC. The number of ether oxygens (including phenoxy) is 1. The van der Waals surface area contributed by atoms with Crippen molar-refractivity contribution in [3.63, 3.8) is 0 Å². The van der Waals surface area contributed by atoms with Gasteiger partial charge >= 0.3 is 0 Å². The highest BCUT2D eigenvalue weighted by Gasteiger charge is 2.22. The van der Waals surface area contributed by atoms with Gasteiger partial charge in [-0.2, -0.15) is 5.26 Å². The molecule has 0 aliphatic heterocycles. The number of hydrogen-bond donors (Lipinski definition) is 1. The van der Waals surface area contributed by atoms with Crippen molar-refractivity contribution in [2.75, 3.05) is 26.8 Å². The van der Waals surface area contributed by atoms with Crippen LogP contribution in [0.4, 0.5) is 0 Å². The number of nitrogens with zero attached hydrogens (tertiary/aromatic N) is 2. The first kappa shape index (κ1) is 17.9. The molecular formula is C14H27N3O2. The van der Waals surface area contributed by atoms with E-state index in [1.165, 1.54) is 0 Å². The molecule has 1 amide bonds. The number of hydrogen-bond acceptors (Lipinski definition) is 4. The molecule has 19 heavy (non-hydrogen) atoms. The lowest BCUT2D eigenvalue weighted by Crippen LogP contribution is -2.49. The van der Waals surface area contributed by atoms with Crippen LogP contribution in [0.3, 0.4) is 0 Å². The third kappa shape index (κ3) is 7.14. The lowest BCUT2D eigenvalue weighted by atomic mass is 10.1. The molecule has 0 fully saturated rings. The van der Waals surface area contributed by atoms with E-state index in [0.29, 0.717) is 26.1 Å². The first-order valence-corrected chi connectivity index (χ1v) is 7.00. The molecule has 1 N–H and O–H groups in total. The molecule has 0 saturated carbocycles. The molecule has 0 aromatic carbocycles. The first-order chi connectivity index (χ1) is 9.10. The smallest absolute Gasteiger partial charge is 0.237 e. The van der Waals surface area contributed by atoms with Gasteiger partial charge in [0.2, 0.25) is 5.91 Å². The number of carbonyl (C=O) groups excluding carboxylic acids is 1. The number of nitrogens with one attached hydrogen (secondary N) is 1. The summed E-state index contributed by atoms with van der Waals surface area (Å²) in [6, 6.07) is 2.12. The minimum absolute atomic E-state index is 0.0303. The van der Waals surface area contributed by atoms with Gasteiger partial charge in [-0.1, -0.05) is 13.8 Å². The van der Waals surface area contributed by atoms with Crippen LogP contribution < -0.4 is 5.32 Å². The molecule has 1 unspecified atom stereocenters. The van der Waals surface area contributed by atoms with Crippen molar-refractivity contribution in [3.05, 3.63) is 0 Å². The average Bonchev–Trinajstić information content (AvgIpc) is 2.43. The second-order valence-electron chi connectivity index (χ2n) is 4.63. The van der Waals surface area contributed by atoms with Crippen LogP contribution in [0.2, 0.25) is 0 Å². The minimum atomic E-state index is -0.232. The van der Waals surface area contributed by atoms with E-state index in [2.05, 4.69) is 25.2 Å². The van der Waals surface area contributed by atoms with E-state index >= 15 is 0 Å². The van der Waals surface area contributed by atoms with Gasteiger partial charge in [-0.3, -0.25) is 9.69 Å². The van der Waals surface area contributed by atoms with E-state index in [9.17, 15) is 4.79 Å². The summed E-state index contributed by atoms with van der Waals surface area (Å²) in [5, 5.41) is 11.7. The van der Waals surface area contributed by atoms with Crippen LogP contribution in [0.1, 0.15) is 40.0 Å². The van der Waals surface area contributed by atoms with Gasteiger partial charge in [-0.25, -0.2) is 0 Å². The Labute approximate surface area is 116 Å². The Kier molecular flexibility index (Phi) is 10.1. The zero-order chi connectivity index (χ0) is 14.7. The molecule has 0 saturated heterocycles. The zero-order valence-electron chi connectivity index (χ0n) is 12.6. The maximum Gasteiger partial charge on any atom is 0.237 e. The molecule has 0 bridgehead atoms. The monoisotopic (exact) mass is 269 g/mol. The third-order valence-corrected chi connectivity index (χ3v) is 3.35. The molecule has 0 rings (SSSR count). The second kappa shape index (κ2) is 10.8. The summed E-state index contributed by atoms with van der Waals surface area (Å²) < 4.78 is 5.05. The fourth-order valence-electron chi connectivity index (χ4n) is 1.88. The van der Waals surface area contributed by atoms with Crippen LogP contribution >= 0.6 is 0 Å². The number of carbonyl (C=O) groups is 1. The van der Waals surface area contributed by atoms with Gasteiger partial charge in [-0.05, 0) is 19.8 Å². The minimum Gasteiger partial charge on any atom is -0.383 e. The molecule has 0 aliphatic rings. The molecule has 5 heteroatoms. The predicted octanol–water partition coefficient (Wildman–Crippen LogP) is 1.54. The largest absolute Gasteiger partial charge is 0.383 e. The standard InChI is InChI=1S/C14H27N3O2/c1-5-13(6-2)16-14(18)12(3)17(9-7-8-15)10-11-19-4/h12-13H,5-7,9-11H2,1-4H3,(H,16,18). The average molecular weight is 269 g/mol. The highest BCUT2D eigenvalue weighted by molar-refractivity contribution is 5.81. The molecule has 0 aromatic rings. The summed E-state index contributed by atoms with van der Waals surface area (Å²) in [5.74, 6) is 0.0303. The Morgan fingerprint density at radius 3 is 2.47 bits per heavy atom. The van der Waals surface area contributed by atoms with Crippen molar-refractivity contribution < 1.29 is 9.53 Å². The molecule has 0 aromatic heterocycles. The molecule has 1 atom stereocenters. The third-order valence-electron chi connectivity index (χ3n) is 3.35. The van der Waals surface area contributed by atoms with Gasteiger partial charge in [0.1, 0.15) is 0 Å². The Bertz CT molecular complexity index is 285. The number of nitriles is 1. The maximum atomic E-state index is 12.2. The summed E-state index contributed by atoms with van der Waals surface area (Å²) in [7, 11) is 1.64. The lowest BCUT2D eigenvalue weighted by Gasteiger charge is -2.28. The normalized spacial score (nSPS) is 12.5. The molecule has 5 nitrogen and oxygen atoms in total. The summed E-state index contributed by atoms with van der Waals surface area (Å²) in [4.78, 5) is 14.2. The van der Waals surface area contributed by atoms with Gasteiger partial charge < -0.3 is 10.1 Å². The van der Waals surface area contributed by atoms with Gasteiger partial charge in [-0.15, -0.1) is 0 Å². The van der Waals surface area contributed by atoms with Crippen molar-refractivity contribution in [1.29, 1.82) is 5.26 Å². The van der Waals surface area contributed by atoms with Crippen LogP contribution in [-0.4, -0.2) is 49.7 Å². The van der Waals surface area contributed by atoms with Crippen LogP contribution in [0.25, 0.3) is 0 Å². The highest BCUT2D eigenvalue weighted by atomic mass is 16.5. The lowest BCUT2D eigenvalue weighted by molar-refractivity contribution is -0.126. The number of methoxy groups -OCH3 is 1. The van der Waals surface area contributed by atoms with Crippen LogP contribution in [0.15, 0.2) is 0 Å². The highest BCUT2D eigenvalue weighted by Crippen LogP contribution is 2.04. The number of amides is 1. The predicted molar refractivity (Wildman–Crippen MR) is 75.7 cm³/mol. The van der Waals surface area contributed by atoms with Crippen LogP contribution in [-0.2, 0) is 9.53 Å². The van der Waals surface area contributed by atoms with E-state index in [4.69, 9.17) is 10.00 Å². The van der Waals surface area contributed by atoms with Crippen molar-refractivity contribution in [1.82, 2.24) is 10.2 Å². The van der Waals surface area contributed by atoms with Crippen LogP contribution in [0.5, 0.6) is 0 Å². The Morgan fingerprint density at radius 2 is 2.00 bits per heavy atom. The first-order valence-electron chi connectivity index (χ1n) is 7.00.